The quantitative estimate of drug-likeness (QED) is 0.502. The molecule has 0 aliphatic carbocycles. The first-order valence-electron chi connectivity index (χ1n) is 8.03. The highest BCUT2D eigenvalue weighted by molar-refractivity contribution is 6.46. The number of carbonyl (C=O) groups is 2. The van der Waals surface area contributed by atoms with Crippen molar-refractivity contribution >= 4 is 17.4 Å². The van der Waals surface area contributed by atoms with E-state index < -0.39 is 17.7 Å². The summed E-state index contributed by atoms with van der Waals surface area (Å²) in [4.78, 5) is 24.3. The van der Waals surface area contributed by atoms with E-state index in [9.17, 15) is 14.7 Å². The summed E-state index contributed by atoms with van der Waals surface area (Å²) in [6, 6.07) is 11.4. The molecule has 6 nitrogen and oxygen atoms in total. The molecule has 2 aromatic rings. The first-order chi connectivity index (χ1) is 12.5. The van der Waals surface area contributed by atoms with Crippen molar-refractivity contribution in [2.45, 2.75) is 13.0 Å². The Morgan fingerprint density at radius 2 is 1.65 bits per heavy atom. The van der Waals surface area contributed by atoms with Crippen LogP contribution in [0.4, 0.5) is 0 Å². The molecule has 1 aliphatic rings. The van der Waals surface area contributed by atoms with Gasteiger partial charge >= 0.3 is 0 Å². The molecule has 1 aliphatic heterocycles. The summed E-state index contributed by atoms with van der Waals surface area (Å²) in [6.45, 7) is 1.92. The number of carbonyl (C=O) groups excluding carboxylic acids is 2. The van der Waals surface area contributed by atoms with Crippen LogP contribution in [0.1, 0.15) is 22.7 Å². The molecule has 26 heavy (non-hydrogen) atoms. The standard InChI is InChI=1S/C20H19NO5/c1-11-4-6-12(7-5-11)18(22)16-17(21-20(24)19(16)23)13-8-9-14(25-2)15(10-13)26-3/h4-10,17,22H,1-3H3,(H,21,24)/b18-16-. The van der Waals surface area contributed by atoms with Crippen molar-refractivity contribution in [2.75, 3.05) is 14.2 Å². The van der Waals surface area contributed by atoms with Gasteiger partial charge in [-0.2, -0.15) is 0 Å². The lowest BCUT2D eigenvalue weighted by Crippen LogP contribution is -2.21. The molecule has 0 radical (unpaired) electrons. The molecule has 1 fully saturated rings. The molecule has 1 heterocycles. The van der Waals surface area contributed by atoms with Crippen molar-refractivity contribution in [1.82, 2.24) is 5.32 Å². The summed E-state index contributed by atoms with van der Waals surface area (Å²) in [5.41, 5.74) is 2.12. The van der Waals surface area contributed by atoms with E-state index in [1.54, 1.807) is 30.3 Å². The van der Waals surface area contributed by atoms with Crippen LogP contribution in [0.2, 0.25) is 0 Å². The fraction of sp³-hybridized carbons (Fsp3) is 0.200. The second kappa shape index (κ2) is 6.92. The van der Waals surface area contributed by atoms with E-state index in [1.165, 1.54) is 14.2 Å². The van der Waals surface area contributed by atoms with E-state index in [0.29, 0.717) is 22.6 Å². The Kier molecular flexibility index (Phi) is 4.67. The average molecular weight is 353 g/mol. The molecule has 134 valence electrons. The lowest BCUT2D eigenvalue weighted by Gasteiger charge is -2.16. The number of hydrogen-bond donors (Lipinski definition) is 2. The molecule has 1 atom stereocenters. The van der Waals surface area contributed by atoms with Gasteiger partial charge in [-0.3, -0.25) is 9.59 Å². The van der Waals surface area contributed by atoms with Gasteiger partial charge in [-0.1, -0.05) is 35.9 Å². The zero-order chi connectivity index (χ0) is 18.8. The Hall–Kier alpha value is -3.28. The number of aliphatic hydroxyl groups excluding tert-OH is 1. The van der Waals surface area contributed by atoms with Crippen LogP contribution in [0.15, 0.2) is 48.0 Å². The fourth-order valence-electron chi connectivity index (χ4n) is 2.92. The minimum Gasteiger partial charge on any atom is -0.507 e. The number of nitrogens with one attached hydrogen (secondary N) is 1. The maximum Gasteiger partial charge on any atom is 0.293 e. The third-order valence-corrected chi connectivity index (χ3v) is 4.34. The second-order valence-electron chi connectivity index (χ2n) is 5.98. The van der Waals surface area contributed by atoms with Crippen molar-refractivity contribution in [3.05, 3.63) is 64.7 Å². The number of benzene rings is 2. The average Bonchev–Trinajstić information content (AvgIpc) is 2.96. The van der Waals surface area contributed by atoms with Crippen LogP contribution in [0.3, 0.4) is 0 Å². The summed E-state index contributed by atoms with van der Waals surface area (Å²) in [5.74, 6) is -0.720. The molecule has 0 bridgehead atoms. The third kappa shape index (κ3) is 3.01. The van der Waals surface area contributed by atoms with E-state index in [1.807, 2.05) is 19.1 Å². The number of ketones is 1. The molecule has 0 spiro atoms. The topological polar surface area (TPSA) is 84.9 Å². The van der Waals surface area contributed by atoms with Gasteiger partial charge in [0.25, 0.3) is 11.7 Å². The van der Waals surface area contributed by atoms with Gasteiger partial charge in [0.05, 0.1) is 25.8 Å². The molecular formula is C20H19NO5. The number of rotatable bonds is 4. The van der Waals surface area contributed by atoms with Crippen LogP contribution in [-0.4, -0.2) is 31.0 Å². The Bertz CT molecular complexity index is 899. The Labute approximate surface area is 151 Å². The van der Waals surface area contributed by atoms with Gasteiger partial charge in [-0.25, -0.2) is 0 Å². The normalized spacial score (nSPS) is 18.5. The minimum absolute atomic E-state index is 0.0195. The number of methoxy groups -OCH3 is 2. The number of aryl methyl sites for hydroxylation is 1. The highest BCUT2D eigenvalue weighted by Crippen LogP contribution is 2.36. The van der Waals surface area contributed by atoms with Crippen molar-refractivity contribution in [1.29, 1.82) is 0 Å². The van der Waals surface area contributed by atoms with Crippen LogP contribution in [0.5, 0.6) is 11.5 Å². The van der Waals surface area contributed by atoms with Crippen LogP contribution >= 0.6 is 0 Å². The number of amides is 1. The predicted molar refractivity (Wildman–Crippen MR) is 96.2 cm³/mol. The molecule has 1 amide bonds. The molecule has 0 saturated carbocycles. The summed E-state index contributed by atoms with van der Waals surface area (Å²) in [6.07, 6.45) is 0. The fourth-order valence-corrected chi connectivity index (χ4v) is 2.92. The number of Topliss-reactive ketones (excluding diaryl/α,β-unsaturated/α-hetero) is 1. The molecule has 3 rings (SSSR count). The summed E-state index contributed by atoms with van der Waals surface area (Å²) < 4.78 is 10.5. The van der Waals surface area contributed by atoms with Gasteiger partial charge in [0.15, 0.2) is 11.5 Å². The molecule has 2 aromatic carbocycles. The zero-order valence-electron chi connectivity index (χ0n) is 14.7. The maximum absolute atomic E-state index is 12.4. The van der Waals surface area contributed by atoms with E-state index >= 15 is 0 Å². The van der Waals surface area contributed by atoms with Crippen molar-refractivity contribution in [3.8, 4) is 11.5 Å². The van der Waals surface area contributed by atoms with Gasteiger partial charge in [0.1, 0.15) is 5.76 Å². The lowest BCUT2D eigenvalue weighted by atomic mass is 9.95. The monoisotopic (exact) mass is 353 g/mol. The number of ether oxygens (including phenoxy) is 2. The third-order valence-electron chi connectivity index (χ3n) is 4.34. The van der Waals surface area contributed by atoms with Crippen molar-refractivity contribution in [3.63, 3.8) is 0 Å². The lowest BCUT2D eigenvalue weighted by molar-refractivity contribution is -0.133. The Morgan fingerprint density at radius 3 is 2.27 bits per heavy atom. The van der Waals surface area contributed by atoms with Crippen LogP contribution in [-0.2, 0) is 9.59 Å². The van der Waals surface area contributed by atoms with Crippen LogP contribution in [0, 0.1) is 6.92 Å². The van der Waals surface area contributed by atoms with Crippen molar-refractivity contribution in [2.24, 2.45) is 0 Å². The van der Waals surface area contributed by atoms with E-state index in [0.717, 1.165) is 5.56 Å². The molecular weight excluding hydrogens is 334 g/mol. The van der Waals surface area contributed by atoms with Crippen LogP contribution < -0.4 is 14.8 Å². The Morgan fingerprint density at radius 1 is 1.00 bits per heavy atom. The second-order valence-corrected chi connectivity index (χ2v) is 5.98. The first-order valence-corrected chi connectivity index (χ1v) is 8.03. The smallest absolute Gasteiger partial charge is 0.293 e. The predicted octanol–water partition coefficient (Wildman–Crippen LogP) is 2.72. The summed E-state index contributed by atoms with van der Waals surface area (Å²) in [5, 5.41) is 13.3. The largest absolute Gasteiger partial charge is 0.507 e. The van der Waals surface area contributed by atoms with Gasteiger partial charge in [-0.15, -0.1) is 0 Å². The van der Waals surface area contributed by atoms with Gasteiger partial charge in [0, 0.05) is 5.56 Å². The zero-order valence-corrected chi connectivity index (χ0v) is 14.7. The van der Waals surface area contributed by atoms with Gasteiger partial charge < -0.3 is 19.9 Å². The number of hydrogen-bond acceptors (Lipinski definition) is 5. The maximum atomic E-state index is 12.4. The number of aliphatic hydroxyl groups is 1. The van der Waals surface area contributed by atoms with E-state index in [-0.39, 0.29) is 11.3 Å². The first kappa shape index (κ1) is 17.5. The Balaban J connectivity index is 2.11. The summed E-state index contributed by atoms with van der Waals surface area (Å²) >= 11 is 0. The van der Waals surface area contributed by atoms with Crippen molar-refractivity contribution < 1.29 is 24.2 Å². The SMILES string of the molecule is COc1ccc(C2NC(=O)C(=O)/C2=C(\O)c2ccc(C)cc2)cc1OC. The highest BCUT2D eigenvalue weighted by Gasteiger charge is 2.39. The van der Waals surface area contributed by atoms with Crippen LogP contribution in [0.25, 0.3) is 5.76 Å². The van der Waals surface area contributed by atoms with E-state index in [4.69, 9.17) is 9.47 Å². The molecule has 1 unspecified atom stereocenters. The molecule has 6 heteroatoms. The molecule has 2 N–H and O–H groups in total. The van der Waals surface area contributed by atoms with Gasteiger partial charge in [0.2, 0.25) is 0 Å². The molecule has 1 saturated heterocycles. The minimum atomic E-state index is -0.767. The van der Waals surface area contributed by atoms with Gasteiger partial charge in [-0.05, 0) is 24.6 Å². The highest BCUT2D eigenvalue weighted by atomic mass is 16.5. The molecule has 0 aromatic heterocycles. The van der Waals surface area contributed by atoms with E-state index in [2.05, 4.69) is 5.32 Å². The summed E-state index contributed by atoms with van der Waals surface area (Å²) in [7, 11) is 3.02.